The van der Waals surface area contributed by atoms with E-state index in [0.29, 0.717) is 0 Å². The van der Waals surface area contributed by atoms with E-state index in [1.54, 1.807) is 18.2 Å². The van der Waals surface area contributed by atoms with Crippen molar-refractivity contribution in [1.82, 2.24) is 9.99 Å². The average Bonchev–Trinajstić information content (AvgIpc) is 3.15. The van der Waals surface area contributed by atoms with Crippen LogP contribution in [0.1, 0.15) is 28.1 Å². The van der Waals surface area contributed by atoms with Crippen molar-refractivity contribution in [2.24, 2.45) is 5.10 Å². The lowest BCUT2D eigenvalue weighted by Gasteiger charge is -2.24. The van der Waals surface area contributed by atoms with Crippen LogP contribution in [0.2, 0.25) is 0 Å². The van der Waals surface area contributed by atoms with Crippen molar-refractivity contribution in [2.45, 2.75) is 32.6 Å². The molecule has 7 nitrogen and oxygen atoms in total. The maximum atomic E-state index is 14.6. The number of benzene rings is 3. The van der Waals surface area contributed by atoms with Gasteiger partial charge in [-0.3, -0.25) is 9.10 Å². The second-order valence-corrected chi connectivity index (χ2v) is 10.9. The summed E-state index contributed by atoms with van der Waals surface area (Å²) < 4.78 is 44.1. The van der Waals surface area contributed by atoms with Crippen molar-refractivity contribution < 1.29 is 17.6 Å². The molecule has 1 aromatic heterocycles. The Hall–Kier alpha value is -4.24. The van der Waals surface area contributed by atoms with Gasteiger partial charge in [0, 0.05) is 22.6 Å². The highest BCUT2D eigenvalue weighted by atomic mass is 32.2. The van der Waals surface area contributed by atoms with Crippen LogP contribution >= 0.6 is 0 Å². The highest BCUT2D eigenvalue weighted by Gasteiger charge is 2.29. The number of aryl methyl sites for hydroxylation is 3. The number of carbonyl (C=O) groups is 1. The molecule has 0 aliphatic heterocycles. The van der Waals surface area contributed by atoms with Gasteiger partial charge in [-0.1, -0.05) is 36.4 Å². The van der Waals surface area contributed by atoms with Gasteiger partial charge in [0.1, 0.15) is 12.4 Å². The van der Waals surface area contributed by atoms with Crippen LogP contribution in [0.3, 0.4) is 0 Å². The molecule has 38 heavy (non-hydrogen) atoms. The summed E-state index contributed by atoms with van der Waals surface area (Å²) in [5.41, 5.74) is 8.22. The van der Waals surface area contributed by atoms with E-state index in [2.05, 4.69) is 33.3 Å². The van der Waals surface area contributed by atoms with Gasteiger partial charge in [0.2, 0.25) is 0 Å². The summed E-state index contributed by atoms with van der Waals surface area (Å²) >= 11 is 0. The monoisotopic (exact) mass is 532 g/mol. The van der Waals surface area contributed by atoms with Crippen molar-refractivity contribution >= 4 is 27.8 Å². The molecular formula is C29H29FN4O3S. The molecule has 0 radical (unpaired) electrons. The molecule has 1 N–H and O–H groups in total. The smallest absolute Gasteiger partial charge is 0.264 e. The van der Waals surface area contributed by atoms with E-state index in [9.17, 15) is 17.6 Å². The van der Waals surface area contributed by atoms with Crippen LogP contribution in [0.4, 0.5) is 10.1 Å². The summed E-state index contributed by atoms with van der Waals surface area (Å²) in [5.74, 6) is -1.48. The van der Waals surface area contributed by atoms with Crippen LogP contribution in [0, 0.1) is 33.5 Å². The number of amides is 1. The molecule has 196 valence electrons. The van der Waals surface area contributed by atoms with Crippen molar-refractivity contribution in [2.75, 3.05) is 10.8 Å². The van der Waals surface area contributed by atoms with Crippen LogP contribution in [-0.2, 0) is 14.8 Å². The fraction of sp³-hybridized carbons (Fsp3) is 0.172. The third-order valence-electron chi connectivity index (χ3n) is 6.07. The molecule has 0 bridgehead atoms. The molecule has 0 aliphatic carbocycles. The van der Waals surface area contributed by atoms with E-state index in [1.165, 1.54) is 36.5 Å². The van der Waals surface area contributed by atoms with Crippen LogP contribution in [0.5, 0.6) is 0 Å². The molecule has 0 atom stereocenters. The number of aromatic nitrogens is 1. The molecule has 0 fully saturated rings. The van der Waals surface area contributed by atoms with Crippen LogP contribution in [-0.4, -0.2) is 31.7 Å². The Balaban J connectivity index is 1.56. The van der Waals surface area contributed by atoms with Crippen molar-refractivity contribution in [3.63, 3.8) is 0 Å². The normalized spacial score (nSPS) is 11.6. The average molecular weight is 533 g/mol. The van der Waals surface area contributed by atoms with Gasteiger partial charge in [-0.15, -0.1) is 0 Å². The standard InChI is InChI=1S/C29H29FN4O3S/c1-20-14-21(2)16-25(15-20)34-22(3)17-24(23(34)4)18-31-32-29(35)19-33(28-13-9-8-12-27(28)30)38(36,37)26-10-6-5-7-11-26/h5-18H,19H2,1-4H3,(H,32,35)/b31-18-. The van der Waals surface area contributed by atoms with Crippen LogP contribution in [0.15, 0.2) is 88.9 Å². The third-order valence-corrected chi connectivity index (χ3v) is 7.84. The first-order chi connectivity index (χ1) is 18.1. The summed E-state index contributed by atoms with van der Waals surface area (Å²) in [4.78, 5) is 12.7. The number of nitrogens with one attached hydrogen (secondary N) is 1. The third kappa shape index (κ3) is 5.68. The Bertz CT molecular complexity index is 1590. The number of hydrogen-bond acceptors (Lipinski definition) is 4. The largest absolute Gasteiger partial charge is 0.318 e. The highest BCUT2D eigenvalue weighted by Crippen LogP contribution is 2.26. The molecule has 0 saturated heterocycles. The van der Waals surface area contributed by atoms with Gasteiger partial charge in [0.15, 0.2) is 0 Å². The molecular weight excluding hydrogens is 503 g/mol. The molecule has 0 unspecified atom stereocenters. The molecule has 4 aromatic rings. The Labute approximate surface area is 222 Å². The number of para-hydroxylation sites is 1. The number of hydrogen-bond donors (Lipinski definition) is 1. The van der Waals surface area contributed by atoms with Gasteiger partial charge < -0.3 is 4.57 Å². The van der Waals surface area contributed by atoms with E-state index in [-0.39, 0.29) is 10.6 Å². The summed E-state index contributed by atoms with van der Waals surface area (Å²) in [5, 5.41) is 4.06. The molecule has 0 aliphatic rings. The first-order valence-electron chi connectivity index (χ1n) is 12.0. The van der Waals surface area contributed by atoms with E-state index >= 15 is 0 Å². The van der Waals surface area contributed by atoms with Crippen LogP contribution in [0.25, 0.3) is 5.69 Å². The molecule has 0 saturated carbocycles. The van der Waals surface area contributed by atoms with E-state index < -0.39 is 28.3 Å². The summed E-state index contributed by atoms with van der Waals surface area (Å²) in [7, 11) is -4.22. The van der Waals surface area contributed by atoms with Gasteiger partial charge in [-0.25, -0.2) is 18.2 Å². The minimum absolute atomic E-state index is 0.0571. The van der Waals surface area contributed by atoms with Gasteiger partial charge in [-0.05, 0) is 81.3 Å². The lowest BCUT2D eigenvalue weighted by molar-refractivity contribution is -0.119. The first-order valence-corrected chi connectivity index (χ1v) is 13.4. The highest BCUT2D eigenvalue weighted by molar-refractivity contribution is 7.92. The van der Waals surface area contributed by atoms with E-state index in [4.69, 9.17) is 0 Å². The molecule has 9 heteroatoms. The molecule has 1 amide bonds. The van der Waals surface area contributed by atoms with Crippen molar-refractivity contribution in [1.29, 1.82) is 0 Å². The SMILES string of the molecule is Cc1cc(C)cc(-n2c(C)cc(/C=N\NC(=O)CN(c3ccccc3F)S(=O)(=O)c3ccccc3)c2C)c1. The Morgan fingerprint density at radius 2 is 1.58 bits per heavy atom. The quantitative estimate of drug-likeness (QED) is 0.250. The number of hydrazone groups is 1. The number of sulfonamides is 1. The number of rotatable bonds is 8. The maximum Gasteiger partial charge on any atom is 0.264 e. The van der Waals surface area contributed by atoms with E-state index in [0.717, 1.165) is 44.1 Å². The van der Waals surface area contributed by atoms with Gasteiger partial charge in [-0.2, -0.15) is 5.10 Å². The zero-order valence-electron chi connectivity index (χ0n) is 21.6. The lowest BCUT2D eigenvalue weighted by atomic mass is 10.1. The fourth-order valence-electron chi connectivity index (χ4n) is 4.41. The molecule has 4 rings (SSSR count). The van der Waals surface area contributed by atoms with Crippen molar-refractivity contribution in [3.8, 4) is 5.69 Å². The first kappa shape index (κ1) is 26.8. The van der Waals surface area contributed by atoms with E-state index in [1.807, 2.05) is 33.8 Å². The van der Waals surface area contributed by atoms with Gasteiger partial charge >= 0.3 is 0 Å². The number of carbonyl (C=O) groups excluding carboxylic acids is 1. The van der Waals surface area contributed by atoms with Gasteiger partial charge in [0.05, 0.1) is 16.8 Å². The predicted molar refractivity (Wildman–Crippen MR) is 148 cm³/mol. The zero-order valence-corrected chi connectivity index (χ0v) is 22.5. The molecule has 0 spiro atoms. The second kappa shape index (κ2) is 11.0. The summed E-state index contributed by atoms with van der Waals surface area (Å²) in [6.07, 6.45) is 1.51. The summed E-state index contributed by atoms with van der Waals surface area (Å²) in [6, 6.07) is 21.3. The Morgan fingerprint density at radius 3 is 2.24 bits per heavy atom. The predicted octanol–water partition coefficient (Wildman–Crippen LogP) is 5.20. The van der Waals surface area contributed by atoms with Crippen molar-refractivity contribution in [3.05, 3.63) is 113 Å². The topological polar surface area (TPSA) is 83.8 Å². The van der Waals surface area contributed by atoms with Gasteiger partial charge in [0.25, 0.3) is 15.9 Å². The second-order valence-electron chi connectivity index (χ2n) is 9.08. The molecule has 3 aromatic carbocycles. The fourth-order valence-corrected chi connectivity index (χ4v) is 5.86. The number of halogens is 1. The Kier molecular flexibility index (Phi) is 7.78. The lowest BCUT2D eigenvalue weighted by Crippen LogP contribution is -2.40. The Morgan fingerprint density at radius 1 is 0.947 bits per heavy atom. The minimum Gasteiger partial charge on any atom is -0.318 e. The number of nitrogens with zero attached hydrogens (tertiary/aromatic N) is 3. The number of anilines is 1. The molecule has 1 heterocycles. The zero-order chi connectivity index (χ0) is 27.4. The summed E-state index contributed by atoms with van der Waals surface area (Å²) in [6.45, 7) is 7.38. The maximum absolute atomic E-state index is 14.6. The van der Waals surface area contributed by atoms with Crippen LogP contribution < -0.4 is 9.73 Å². The minimum atomic E-state index is -4.22.